The van der Waals surface area contributed by atoms with E-state index in [1.54, 1.807) is 12.1 Å². The molecule has 1 heterocycles. The van der Waals surface area contributed by atoms with Gasteiger partial charge in [0.15, 0.2) is 5.43 Å². The molecule has 16 heavy (non-hydrogen) atoms. The molecule has 1 fully saturated rings. The van der Waals surface area contributed by atoms with Crippen LogP contribution >= 0.6 is 15.9 Å². The van der Waals surface area contributed by atoms with Gasteiger partial charge in [0.1, 0.15) is 0 Å². The normalized spacial score (nSPS) is 19.6. The molecule has 0 saturated heterocycles. The van der Waals surface area contributed by atoms with Crippen LogP contribution in [0.1, 0.15) is 32.1 Å². The van der Waals surface area contributed by atoms with Gasteiger partial charge in [-0.2, -0.15) is 0 Å². The molecule has 1 aliphatic rings. The summed E-state index contributed by atoms with van der Waals surface area (Å²) in [5.41, 5.74) is 0.487. The standard InChI is InChI=1S/C13H18BrNO/c14-10-13(6-2-1-3-7-13)11-15-8-4-12(16)5-9-15/h4-5,8-9H,1-3,6-7,10-11H2. The Labute approximate surface area is 105 Å². The van der Waals surface area contributed by atoms with Gasteiger partial charge in [-0.15, -0.1) is 0 Å². The number of halogens is 1. The van der Waals surface area contributed by atoms with Crippen LogP contribution in [0.15, 0.2) is 29.3 Å². The zero-order chi connectivity index (χ0) is 11.4. The maximum absolute atomic E-state index is 11.0. The number of hydrogen-bond donors (Lipinski definition) is 0. The Morgan fingerprint density at radius 2 is 1.81 bits per heavy atom. The van der Waals surface area contributed by atoms with Gasteiger partial charge in [0.05, 0.1) is 0 Å². The molecule has 1 aliphatic carbocycles. The zero-order valence-corrected chi connectivity index (χ0v) is 11.1. The first-order chi connectivity index (χ1) is 7.74. The summed E-state index contributed by atoms with van der Waals surface area (Å²) in [4.78, 5) is 11.0. The largest absolute Gasteiger partial charge is 0.353 e. The summed E-state index contributed by atoms with van der Waals surface area (Å²) in [5, 5.41) is 1.06. The molecule has 0 amide bonds. The van der Waals surface area contributed by atoms with Crippen molar-refractivity contribution in [2.24, 2.45) is 5.41 Å². The van der Waals surface area contributed by atoms with E-state index in [1.165, 1.54) is 32.1 Å². The minimum Gasteiger partial charge on any atom is -0.353 e. The van der Waals surface area contributed by atoms with Crippen molar-refractivity contribution >= 4 is 15.9 Å². The molecule has 1 aromatic heterocycles. The molecule has 0 bridgehead atoms. The lowest BCUT2D eigenvalue weighted by atomic mass is 9.75. The minimum absolute atomic E-state index is 0.0905. The highest BCUT2D eigenvalue weighted by molar-refractivity contribution is 9.09. The smallest absolute Gasteiger partial charge is 0.181 e. The van der Waals surface area contributed by atoms with Crippen molar-refractivity contribution in [1.29, 1.82) is 0 Å². The van der Waals surface area contributed by atoms with Crippen molar-refractivity contribution in [3.8, 4) is 0 Å². The lowest BCUT2D eigenvalue weighted by Crippen LogP contribution is -2.31. The van der Waals surface area contributed by atoms with E-state index in [0.717, 1.165) is 11.9 Å². The van der Waals surface area contributed by atoms with Crippen LogP contribution in [0.5, 0.6) is 0 Å². The van der Waals surface area contributed by atoms with E-state index in [0.29, 0.717) is 5.41 Å². The molecule has 1 saturated carbocycles. The van der Waals surface area contributed by atoms with E-state index in [1.807, 2.05) is 12.4 Å². The van der Waals surface area contributed by atoms with Gasteiger partial charge in [-0.3, -0.25) is 4.79 Å². The highest BCUT2D eigenvalue weighted by atomic mass is 79.9. The van der Waals surface area contributed by atoms with Gasteiger partial charge in [-0.1, -0.05) is 35.2 Å². The summed E-state index contributed by atoms with van der Waals surface area (Å²) in [5.74, 6) is 0. The van der Waals surface area contributed by atoms with Gasteiger partial charge in [0.2, 0.25) is 0 Å². The molecular formula is C13H18BrNO. The van der Waals surface area contributed by atoms with Crippen molar-refractivity contribution in [1.82, 2.24) is 4.57 Å². The van der Waals surface area contributed by atoms with Crippen molar-refractivity contribution in [2.75, 3.05) is 5.33 Å². The predicted molar refractivity (Wildman–Crippen MR) is 70.0 cm³/mol. The molecule has 2 rings (SSSR count). The fourth-order valence-electron chi connectivity index (χ4n) is 2.57. The van der Waals surface area contributed by atoms with Crippen LogP contribution in [-0.4, -0.2) is 9.90 Å². The molecule has 0 unspecified atom stereocenters. The third-order valence-corrected chi connectivity index (χ3v) is 4.77. The summed E-state index contributed by atoms with van der Waals surface area (Å²) < 4.78 is 2.15. The van der Waals surface area contributed by atoms with Crippen molar-refractivity contribution < 1.29 is 0 Å². The molecule has 0 spiro atoms. The van der Waals surface area contributed by atoms with E-state index in [4.69, 9.17) is 0 Å². The van der Waals surface area contributed by atoms with Crippen LogP contribution in [0.3, 0.4) is 0 Å². The average molecular weight is 284 g/mol. The minimum atomic E-state index is 0.0905. The van der Waals surface area contributed by atoms with Crippen LogP contribution in [0.25, 0.3) is 0 Å². The van der Waals surface area contributed by atoms with Crippen LogP contribution < -0.4 is 5.43 Å². The van der Waals surface area contributed by atoms with Crippen molar-refractivity contribution in [2.45, 2.75) is 38.6 Å². The molecule has 88 valence electrons. The highest BCUT2D eigenvalue weighted by Crippen LogP contribution is 2.39. The fraction of sp³-hybridized carbons (Fsp3) is 0.615. The van der Waals surface area contributed by atoms with Crippen LogP contribution in [-0.2, 0) is 6.54 Å². The Balaban J connectivity index is 2.11. The molecule has 0 radical (unpaired) electrons. The van der Waals surface area contributed by atoms with Crippen LogP contribution in [0.4, 0.5) is 0 Å². The monoisotopic (exact) mass is 283 g/mol. The van der Waals surface area contributed by atoms with Gasteiger partial charge < -0.3 is 4.57 Å². The summed E-state index contributed by atoms with van der Waals surface area (Å²) in [6, 6.07) is 3.29. The quantitative estimate of drug-likeness (QED) is 0.781. The first kappa shape index (κ1) is 11.9. The van der Waals surface area contributed by atoms with Gasteiger partial charge in [0, 0.05) is 36.4 Å². The van der Waals surface area contributed by atoms with E-state index in [-0.39, 0.29) is 5.43 Å². The van der Waals surface area contributed by atoms with Gasteiger partial charge in [0.25, 0.3) is 0 Å². The number of aromatic nitrogens is 1. The zero-order valence-electron chi connectivity index (χ0n) is 9.49. The Morgan fingerprint density at radius 3 is 2.38 bits per heavy atom. The molecule has 0 N–H and O–H groups in total. The fourth-order valence-corrected chi connectivity index (χ4v) is 3.31. The number of pyridine rings is 1. The van der Waals surface area contributed by atoms with Gasteiger partial charge in [-0.05, 0) is 18.3 Å². The maximum Gasteiger partial charge on any atom is 0.181 e. The SMILES string of the molecule is O=c1ccn(CC2(CBr)CCCCC2)cc1. The maximum atomic E-state index is 11.0. The Bertz CT molecular complexity index is 373. The second-order valence-corrected chi connectivity index (χ2v) is 5.46. The second kappa shape index (κ2) is 5.17. The topological polar surface area (TPSA) is 22.0 Å². The lowest BCUT2D eigenvalue weighted by molar-refractivity contribution is 0.191. The Kier molecular flexibility index (Phi) is 3.85. The van der Waals surface area contributed by atoms with E-state index < -0.39 is 0 Å². The number of rotatable bonds is 3. The van der Waals surface area contributed by atoms with Crippen LogP contribution in [0, 0.1) is 5.41 Å². The van der Waals surface area contributed by atoms with Crippen LogP contribution in [0.2, 0.25) is 0 Å². The number of nitrogens with zero attached hydrogens (tertiary/aromatic N) is 1. The highest BCUT2D eigenvalue weighted by Gasteiger charge is 2.30. The van der Waals surface area contributed by atoms with Crippen molar-refractivity contribution in [3.05, 3.63) is 34.7 Å². The predicted octanol–water partition coefficient (Wildman–Crippen LogP) is 3.19. The van der Waals surface area contributed by atoms with Crippen molar-refractivity contribution in [3.63, 3.8) is 0 Å². The Morgan fingerprint density at radius 1 is 1.19 bits per heavy atom. The number of alkyl halides is 1. The molecular weight excluding hydrogens is 266 g/mol. The van der Waals surface area contributed by atoms with E-state index in [9.17, 15) is 4.79 Å². The average Bonchev–Trinajstić information content (AvgIpc) is 2.33. The summed E-state index contributed by atoms with van der Waals surface area (Å²) in [6.07, 6.45) is 10.5. The molecule has 2 nitrogen and oxygen atoms in total. The Hall–Kier alpha value is -0.570. The van der Waals surface area contributed by atoms with E-state index >= 15 is 0 Å². The second-order valence-electron chi connectivity index (χ2n) is 4.90. The number of hydrogen-bond acceptors (Lipinski definition) is 1. The van der Waals surface area contributed by atoms with E-state index in [2.05, 4.69) is 20.5 Å². The van der Waals surface area contributed by atoms with Gasteiger partial charge in [-0.25, -0.2) is 0 Å². The summed E-state index contributed by atoms with van der Waals surface area (Å²) in [6.45, 7) is 1.03. The molecule has 0 aliphatic heterocycles. The third kappa shape index (κ3) is 2.76. The lowest BCUT2D eigenvalue weighted by Gasteiger charge is -2.36. The molecule has 0 aromatic carbocycles. The van der Waals surface area contributed by atoms with Gasteiger partial charge >= 0.3 is 0 Å². The first-order valence-corrected chi connectivity index (χ1v) is 7.08. The summed E-state index contributed by atoms with van der Waals surface area (Å²) >= 11 is 3.67. The molecule has 0 atom stereocenters. The molecule has 1 aromatic rings. The first-order valence-electron chi connectivity index (χ1n) is 5.96. The molecule has 3 heteroatoms. The third-order valence-electron chi connectivity index (χ3n) is 3.58. The summed E-state index contributed by atoms with van der Waals surface area (Å²) in [7, 11) is 0.